The lowest BCUT2D eigenvalue weighted by Gasteiger charge is -2.20. The van der Waals surface area contributed by atoms with Gasteiger partial charge < -0.3 is 9.84 Å². The summed E-state index contributed by atoms with van der Waals surface area (Å²) < 4.78 is 5.10. The van der Waals surface area contributed by atoms with Crippen LogP contribution in [0.4, 0.5) is 0 Å². The summed E-state index contributed by atoms with van der Waals surface area (Å²) in [5.41, 5.74) is 2.72. The van der Waals surface area contributed by atoms with Gasteiger partial charge in [0.05, 0.1) is 6.10 Å². The third-order valence-corrected chi connectivity index (χ3v) is 3.42. The van der Waals surface area contributed by atoms with Gasteiger partial charge in [0.15, 0.2) is 0 Å². The maximum atomic E-state index is 10.1. The van der Waals surface area contributed by atoms with Crippen LogP contribution in [0.1, 0.15) is 45.2 Å². The molecule has 0 saturated carbocycles. The topological polar surface area (TPSA) is 29.5 Å². The van der Waals surface area contributed by atoms with Gasteiger partial charge in [0.1, 0.15) is 0 Å². The summed E-state index contributed by atoms with van der Waals surface area (Å²) >= 11 is 0. The molecule has 0 heterocycles. The molecule has 2 heteroatoms. The molecule has 0 spiro atoms. The molecule has 1 aromatic rings. The van der Waals surface area contributed by atoms with Crippen molar-refractivity contribution in [1.29, 1.82) is 0 Å². The number of methoxy groups -OCH3 is 1. The van der Waals surface area contributed by atoms with Crippen LogP contribution in [0.3, 0.4) is 0 Å². The van der Waals surface area contributed by atoms with E-state index in [-0.39, 0.29) is 11.5 Å². The van der Waals surface area contributed by atoms with Gasteiger partial charge in [-0.25, -0.2) is 0 Å². The highest BCUT2D eigenvalue weighted by Crippen LogP contribution is 2.22. The second-order valence-corrected chi connectivity index (χ2v) is 6.60. The molecule has 2 unspecified atom stereocenters. The van der Waals surface area contributed by atoms with Crippen LogP contribution in [-0.2, 0) is 16.6 Å². The van der Waals surface area contributed by atoms with Crippen LogP contribution in [-0.4, -0.2) is 24.9 Å². The Morgan fingerprint density at radius 2 is 1.74 bits per heavy atom. The largest absolute Gasteiger partial charge is 0.393 e. The summed E-state index contributed by atoms with van der Waals surface area (Å²) in [5, 5.41) is 10.1. The van der Waals surface area contributed by atoms with Crippen molar-refractivity contribution in [1.82, 2.24) is 0 Å². The van der Waals surface area contributed by atoms with Gasteiger partial charge in [-0.05, 0) is 35.3 Å². The average molecular weight is 264 g/mol. The van der Waals surface area contributed by atoms with Crippen LogP contribution < -0.4 is 0 Å². The van der Waals surface area contributed by atoms with E-state index in [4.69, 9.17) is 4.74 Å². The van der Waals surface area contributed by atoms with E-state index < -0.39 is 0 Å². The Labute approximate surface area is 117 Å². The minimum atomic E-state index is -0.286. The maximum absolute atomic E-state index is 10.1. The Bertz CT molecular complexity index is 362. The van der Waals surface area contributed by atoms with Crippen molar-refractivity contribution >= 4 is 0 Å². The number of aliphatic hydroxyl groups is 1. The fourth-order valence-corrected chi connectivity index (χ4v) is 2.31. The normalized spacial score (nSPS) is 15.3. The summed E-state index contributed by atoms with van der Waals surface area (Å²) in [6.45, 7) is 9.45. The Kier molecular flexibility index (Phi) is 6.02. The molecule has 0 fully saturated rings. The lowest BCUT2D eigenvalue weighted by molar-refractivity contribution is 0.102. The molecule has 1 N–H and O–H groups in total. The molecule has 1 aromatic carbocycles. The number of ether oxygens (including phenoxy) is 1. The first kappa shape index (κ1) is 16.2. The van der Waals surface area contributed by atoms with Gasteiger partial charge in [0.25, 0.3) is 0 Å². The average Bonchev–Trinajstić information content (AvgIpc) is 2.28. The molecular weight excluding hydrogens is 236 g/mol. The number of hydrogen-bond donors (Lipinski definition) is 1. The molecule has 0 aliphatic carbocycles. The molecule has 0 amide bonds. The summed E-state index contributed by atoms with van der Waals surface area (Å²) in [6.07, 6.45) is 1.22. The predicted octanol–water partition coefficient (Wildman–Crippen LogP) is 3.56. The van der Waals surface area contributed by atoms with Gasteiger partial charge in [0, 0.05) is 13.7 Å². The van der Waals surface area contributed by atoms with Gasteiger partial charge in [-0.1, -0.05) is 52.0 Å². The maximum Gasteiger partial charge on any atom is 0.0584 e. The van der Waals surface area contributed by atoms with Gasteiger partial charge >= 0.3 is 0 Å². The Morgan fingerprint density at radius 3 is 2.21 bits per heavy atom. The molecule has 1 rings (SSSR count). The first-order chi connectivity index (χ1) is 8.82. The first-order valence-corrected chi connectivity index (χ1v) is 7.09. The number of rotatable bonds is 6. The molecule has 2 atom stereocenters. The molecule has 2 nitrogen and oxygen atoms in total. The second kappa shape index (κ2) is 7.06. The SMILES string of the molecule is COCC(C)CC(O)Cc1ccc(C(C)(C)C)cc1. The van der Waals surface area contributed by atoms with E-state index in [0.29, 0.717) is 12.5 Å². The third kappa shape index (κ3) is 5.75. The van der Waals surface area contributed by atoms with Gasteiger partial charge in [0.2, 0.25) is 0 Å². The van der Waals surface area contributed by atoms with E-state index >= 15 is 0 Å². The predicted molar refractivity (Wildman–Crippen MR) is 80.5 cm³/mol. The molecule has 0 radical (unpaired) electrons. The van der Waals surface area contributed by atoms with Crippen LogP contribution in [0.15, 0.2) is 24.3 Å². The van der Waals surface area contributed by atoms with E-state index in [1.54, 1.807) is 7.11 Å². The van der Waals surface area contributed by atoms with Crippen molar-refractivity contribution in [3.63, 3.8) is 0 Å². The van der Waals surface area contributed by atoms with Crippen LogP contribution in [0.5, 0.6) is 0 Å². The zero-order valence-corrected chi connectivity index (χ0v) is 12.9. The minimum absolute atomic E-state index is 0.185. The number of aliphatic hydroxyl groups excluding tert-OH is 1. The van der Waals surface area contributed by atoms with Gasteiger partial charge in [-0.2, -0.15) is 0 Å². The summed E-state index contributed by atoms with van der Waals surface area (Å²) in [4.78, 5) is 0. The van der Waals surface area contributed by atoms with E-state index in [1.807, 2.05) is 0 Å². The molecular formula is C17H28O2. The van der Waals surface area contributed by atoms with E-state index in [9.17, 15) is 5.11 Å². The standard InChI is InChI=1S/C17H28O2/c1-13(12-19-5)10-16(18)11-14-6-8-15(9-7-14)17(2,3)4/h6-9,13,16,18H,10-12H2,1-5H3. The highest BCUT2D eigenvalue weighted by molar-refractivity contribution is 5.27. The molecule has 19 heavy (non-hydrogen) atoms. The molecule has 0 aromatic heterocycles. The van der Waals surface area contributed by atoms with Crippen LogP contribution in [0.2, 0.25) is 0 Å². The number of hydrogen-bond acceptors (Lipinski definition) is 2. The monoisotopic (exact) mass is 264 g/mol. The number of benzene rings is 1. The van der Waals surface area contributed by atoms with Crippen LogP contribution in [0, 0.1) is 5.92 Å². The first-order valence-electron chi connectivity index (χ1n) is 7.09. The Morgan fingerprint density at radius 1 is 1.16 bits per heavy atom. The van der Waals surface area contributed by atoms with Crippen LogP contribution in [0.25, 0.3) is 0 Å². The van der Waals surface area contributed by atoms with Crippen LogP contribution >= 0.6 is 0 Å². The van der Waals surface area contributed by atoms with E-state index in [0.717, 1.165) is 12.8 Å². The quantitative estimate of drug-likeness (QED) is 0.851. The molecule has 108 valence electrons. The minimum Gasteiger partial charge on any atom is -0.393 e. The lowest BCUT2D eigenvalue weighted by atomic mass is 9.86. The fraction of sp³-hybridized carbons (Fsp3) is 0.647. The van der Waals surface area contributed by atoms with E-state index in [1.165, 1.54) is 11.1 Å². The van der Waals surface area contributed by atoms with Gasteiger partial charge in [-0.3, -0.25) is 0 Å². The highest BCUT2D eigenvalue weighted by atomic mass is 16.5. The van der Waals surface area contributed by atoms with Gasteiger partial charge in [-0.15, -0.1) is 0 Å². The van der Waals surface area contributed by atoms with Crippen molar-refractivity contribution in [3.8, 4) is 0 Å². The third-order valence-electron chi connectivity index (χ3n) is 3.42. The fourth-order valence-electron chi connectivity index (χ4n) is 2.31. The Balaban J connectivity index is 2.53. The van der Waals surface area contributed by atoms with Crippen molar-refractivity contribution < 1.29 is 9.84 Å². The zero-order chi connectivity index (χ0) is 14.5. The van der Waals surface area contributed by atoms with E-state index in [2.05, 4.69) is 52.0 Å². The second-order valence-electron chi connectivity index (χ2n) is 6.60. The van der Waals surface area contributed by atoms with Crippen molar-refractivity contribution in [2.45, 2.75) is 52.1 Å². The Hall–Kier alpha value is -0.860. The molecule has 0 bridgehead atoms. The molecule has 0 aliphatic rings. The summed E-state index contributed by atoms with van der Waals surface area (Å²) in [6, 6.07) is 8.59. The van der Waals surface area contributed by atoms with Crippen molar-refractivity contribution in [2.75, 3.05) is 13.7 Å². The highest BCUT2D eigenvalue weighted by Gasteiger charge is 2.14. The zero-order valence-electron chi connectivity index (χ0n) is 12.9. The lowest BCUT2D eigenvalue weighted by Crippen LogP contribution is -2.17. The van der Waals surface area contributed by atoms with Crippen molar-refractivity contribution in [2.24, 2.45) is 5.92 Å². The molecule has 0 aliphatic heterocycles. The summed E-state index contributed by atoms with van der Waals surface area (Å²) in [7, 11) is 1.70. The van der Waals surface area contributed by atoms with Crippen molar-refractivity contribution in [3.05, 3.63) is 35.4 Å². The summed E-state index contributed by atoms with van der Waals surface area (Å²) in [5.74, 6) is 0.397. The smallest absolute Gasteiger partial charge is 0.0584 e. The molecule has 0 saturated heterocycles.